The lowest BCUT2D eigenvalue weighted by molar-refractivity contribution is 0.406. The fraction of sp³-hybridized carbons (Fsp3) is 0.267. The minimum atomic E-state index is -3.78. The van der Waals surface area contributed by atoms with E-state index in [4.69, 9.17) is 10.00 Å². The molecule has 2 N–H and O–H groups in total. The molecular formula is C15H15N3O3S2. The van der Waals surface area contributed by atoms with Gasteiger partial charge < -0.3 is 10.1 Å². The minimum absolute atomic E-state index is 0.111. The van der Waals surface area contributed by atoms with Gasteiger partial charge >= 0.3 is 0 Å². The van der Waals surface area contributed by atoms with Crippen LogP contribution in [0, 0.1) is 11.3 Å². The Morgan fingerprint density at radius 3 is 2.74 bits per heavy atom. The molecule has 0 amide bonds. The molecule has 1 aromatic carbocycles. The summed E-state index contributed by atoms with van der Waals surface area (Å²) in [6, 6.07) is 8.90. The van der Waals surface area contributed by atoms with Gasteiger partial charge in [-0.25, -0.2) is 8.42 Å². The molecule has 0 saturated heterocycles. The molecule has 23 heavy (non-hydrogen) atoms. The number of anilines is 2. The standard InChI is InChI=1S/C15H15N3O3S2/c1-21-14-6-7-22-15(14)23(19,20)18-13-8-10(9-16)2-5-12(13)17-11-3-4-11/h2,5-8,11,17-18H,3-4H2,1H3. The van der Waals surface area contributed by atoms with E-state index in [1.807, 2.05) is 6.07 Å². The van der Waals surface area contributed by atoms with Gasteiger partial charge in [-0.3, -0.25) is 4.72 Å². The van der Waals surface area contributed by atoms with Gasteiger partial charge in [-0.05, 0) is 42.5 Å². The number of ether oxygens (including phenoxy) is 1. The Balaban J connectivity index is 1.95. The fourth-order valence-corrected chi connectivity index (χ4v) is 4.44. The van der Waals surface area contributed by atoms with Crippen LogP contribution >= 0.6 is 11.3 Å². The first kappa shape index (κ1) is 15.6. The topological polar surface area (TPSA) is 91.2 Å². The van der Waals surface area contributed by atoms with Crippen molar-refractivity contribution >= 4 is 32.7 Å². The second-order valence-electron chi connectivity index (χ2n) is 5.17. The van der Waals surface area contributed by atoms with Gasteiger partial charge in [-0.2, -0.15) is 5.26 Å². The number of hydrogen-bond donors (Lipinski definition) is 2. The summed E-state index contributed by atoms with van der Waals surface area (Å²) in [7, 11) is -2.35. The van der Waals surface area contributed by atoms with Crippen molar-refractivity contribution in [2.24, 2.45) is 0 Å². The van der Waals surface area contributed by atoms with Crippen molar-refractivity contribution < 1.29 is 13.2 Å². The van der Waals surface area contributed by atoms with Crippen molar-refractivity contribution in [1.29, 1.82) is 5.26 Å². The number of nitrogens with zero attached hydrogens (tertiary/aromatic N) is 1. The smallest absolute Gasteiger partial charge is 0.275 e. The SMILES string of the molecule is COc1ccsc1S(=O)(=O)Nc1cc(C#N)ccc1NC1CC1. The van der Waals surface area contributed by atoms with Crippen LogP contribution in [0.2, 0.25) is 0 Å². The normalized spacial score (nSPS) is 14.1. The van der Waals surface area contributed by atoms with Crippen molar-refractivity contribution in [1.82, 2.24) is 0 Å². The average molecular weight is 349 g/mol. The maximum Gasteiger partial charge on any atom is 0.275 e. The quantitative estimate of drug-likeness (QED) is 0.836. The van der Waals surface area contributed by atoms with Crippen LogP contribution in [0.5, 0.6) is 5.75 Å². The molecule has 2 aromatic rings. The number of benzene rings is 1. The Hall–Kier alpha value is -2.24. The van der Waals surface area contributed by atoms with Crippen molar-refractivity contribution in [3.8, 4) is 11.8 Å². The molecule has 3 rings (SSSR count). The highest BCUT2D eigenvalue weighted by molar-refractivity contribution is 7.94. The summed E-state index contributed by atoms with van der Waals surface area (Å²) in [5.74, 6) is 0.302. The number of rotatable bonds is 6. The minimum Gasteiger partial charge on any atom is -0.494 e. The Labute approximate surface area is 138 Å². The second kappa shape index (κ2) is 6.10. The molecule has 1 aliphatic carbocycles. The molecular weight excluding hydrogens is 334 g/mol. The number of thiophene rings is 1. The third-order valence-corrected chi connectivity index (χ3v) is 6.20. The van der Waals surface area contributed by atoms with Gasteiger partial charge in [0, 0.05) is 6.04 Å². The molecule has 1 fully saturated rings. The summed E-state index contributed by atoms with van der Waals surface area (Å²) < 4.78 is 33.0. The number of sulfonamides is 1. The zero-order valence-electron chi connectivity index (χ0n) is 12.4. The molecule has 0 atom stereocenters. The predicted molar refractivity (Wildman–Crippen MR) is 89.5 cm³/mol. The first-order valence-corrected chi connectivity index (χ1v) is 9.35. The monoisotopic (exact) mass is 349 g/mol. The van der Waals surface area contributed by atoms with Crippen LogP contribution in [0.3, 0.4) is 0 Å². The number of methoxy groups -OCH3 is 1. The van der Waals surface area contributed by atoms with Crippen LogP contribution in [-0.2, 0) is 10.0 Å². The molecule has 0 unspecified atom stereocenters. The van der Waals surface area contributed by atoms with Crippen molar-refractivity contribution in [2.45, 2.75) is 23.1 Å². The maximum absolute atomic E-state index is 12.6. The van der Waals surface area contributed by atoms with Crippen LogP contribution in [0.4, 0.5) is 11.4 Å². The van der Waals surface area contributed by atoms with E-state index in [-0.39, 0.29) is 4.21 Å². The summed E-state index contributed by atoms with van der Waals surface area (Å²) in [5, 5.41) is 14.0. The van der Waals surface area contributed by atoms with Crippen molar-refractivity contribution in [3.05, 3.63) is 35.2 Å². The molecule has 1 aromatic heterocycles. The summed E-state index contributed by atoms with van der Waals surface area (Å²) in [5.41, 5.74) is 1.43. The molecule has 0 spiro atoms. The highest BCUT2D eigenvalue weighted by Crippen LogP contribution is 2.34. The number of nitrogens with one attached hydrogen (secondary N) is 2. The van der Waals surface area contributed by atoms with Crippen LogP contribution in [0.1, 0.15) is 18.4 Å². The highest BCUT2D eigenvalue weighted by atomic mass is 32.2. The van der Waals surface area contributed by atoms with Crippen LogP contribution in [0.15, 0.2) is 33.9 Å². The van der Waals surface area contributed by atoms with E-state index in [0.717, 1.165) is 24.2 Å². The third kappa shape index (κ3) is 3.41. The second-order valence-corrected chi connectivity index (χ2v) is 7.97. The Morgan fingerprint density at radius 1 is 1.30 bits per heavy atom. The van der Waals surface area contributed by atoms with E-state index in [1.54, 1.807) is 23.6 Å². The van der Waals surface area contributed by atoms with Gasteiger partial charge in [0.15, 0.2) is 4.21 Å². The van der Waals surface area contributed by atoms with Gasteiger partial charge in [0.1, 0.15) is 5.75 Å². The van der Waals surface area contributed by atoms with Gasteiger partial charge in [-0.15, -0.1) is 11.3 Å². The summed E-state index contributed by atoms with van der Waals surface area (Å²) in [4.78, 5) is 0. The molecule has 1 heterocycles. The lowest BCUT2D eigenvalue weighted by Gasteiger charge is -2.14. The Morgan fingerprint density at radius 2 is 2.09 bits per heavy atom. The summed E-state index contributed by atoms with van der Waals surface area (Å²) in [6.07, 6.45) is 2.12. The average Bonchev–Trinajstić information content (AvgIpc) is 3.20. The largest absolute Gasteiger partial charge is 0.494 e. The maximum atomic E-state index is 12.6. The lowest BCUT2D eigenvalue weighted by atomic mass is 10.2. The summed E-state index contributed by atoms with van der Waals surface area (Å²) >= 11 is 1.08. The number of nitriles is 1. The van der Waals surface area contributed by atoms with E-state index < -0.39 is 10.0 Å². The first-order chi connectivity index (χ1) is 11.0. The van der Waals surface area contributed by atoms with Gasteiger partial charge in [0.05, 0.1) is 30.1 Å². The lowest BCUT2D eigenvalue weighted by Crippen LogP contribution is -2.15. The zero-order valence-corrected chi connectivity index (χ0v) is 14.0. The molecule has 6 nitrogen and oxygen atoms in total. The van der Waals surface area contributed by atoms with E-state index in [0.29, 0.717) is 28.7 Å². The molecule has 1 aliphatic rings. The van der Waals surface area contributed by atoms with Crippen LogP contribution in [0.25, 0.3) is 0 Å². The Bertz CT molecular complexity index is 864. The van der Waals surface area contributed by atoms with Crippen molar-refractivity contribution in [2.75, 3.05) is 17.1 Å². The van der Waals surface area contributed by atoms with E-state index in [2.05, 4.69) is 10.0 Å². The van der Waals surface area contributed by atoms with Crippen molar-refractivity contribution in [3.63, 3.8) is 0 Å². The van der Waals surface area contributed by atoms with Gasteiger partial charge in [0.25, 0.3) is 10.0 Å². The molecule has 0 radical (unpaired) electrons. The van der Waals surface area contributed by atoms with E-state index in [1.165, 1.54) is 13.2 Å². The van der Waals surface area contributed by atoms with Crippen LogP contribution < -0.4 is 14.8 Å². The van der Waals surface area contributed by atoms with Gasteiger partial charge in [0.2, 0.25) is 0 Å². The molecule has 1 saturated carbocycles. The number of hydrogen-bond acceptors (Lipinski definition) is 6. The van der Waals surface area contributed by atoms with Gasteiger partial charge in [-0.1, -0.05) is 0 Å². The van der Waals surface area contributed by atoms with Crippen LogP contribution in [-0.4, -0.2) is 21.6 Å². The first-order valence-electron chi connectivity index (χ1n) is 6.98. The molecule has 8 heteroatoms. The zero-order chi connectivity index (χ0) is 16.4. The fourth-order valence-electron chi connectivity index (χ4n) is 2.09. The molecule has 0 aliphatic heterocycles. The third-order valence-electron chi connectivity index (χ3n) is 3.39. The van der Waals surface area contributed by atoms with E-state index in [9.17, 15) is 8.42 Å². The summed E-state index contributed by atoms with van der Waals surface area (Å²) in [6.45, 7) is 0. The Kier molecular flexibility index (Phi) is 4.15. The molecule has 0 bridgehead atoms. The van der Waals surface area contributed by atoms with E-state index >= 15 is 0 Å². The predicted octanol–water partition coefficient (Wildman–Crippen LogP) is 3.00. The molecule has 120 valence electrons. The highest BCUT2D eigenvalue weighted by Gasteiger charge is 2.25.